The number of likely N-dealkylation sites (tertiary alicyclic amines) is 1. The van der Waals surface area contributed by atoms with Crippen LogP contribution in [0, 0.1) is 5.92 Å². The summed E-state index contributed by atoms with van der Waals surface area (Å²) < 4.78 is 5.21. The molecular formula is C12H22N2O4. The Morgan fingerprint density at radius 2 is 2.00 bits per heavy atom. The smallest absolute Gasteiger partial charge is 0.329 e. The Labute approximate surface area is 107 Å². The molecule has 0 atom stereocenters. The van der Waals surface area contributed by atoms with Crippen LogP contribution in [0.15, 0.2) is 0 Å². The molecule has 0 saturated carbocycles. The van der Waals surface area contributed by atoms with E-state index in [1.54, 1.807) is 4.90 Å². The van der Waals surface area contributed by atoms with E-state index in [2.05, 4.69) is 5.32 Å². The highest BCUT2D eigenvalue weighted by molar-refractivity contribution is 5.74. The summed E-state index contributed by atoms with van der Waals surface area (Å²) in [6.45, 7) is 5.75. The minimum atomic E-state index is -0.952. The van der Waals surface area contributed by atoms with Gasteiger partial charge in [-0.1, -0.05) is 13.8 Å². The van der Waals surface area contributed by atoms with Crippen molar-refractivity contribution in [2.75, 3.05) is 26.2 Å². The normalized spacial score (nSPS) is 16.9. The number of carbonyl (C=O) groups excluding carboxylic acids is 1. The van der Waals surface area contributed by atoms with Crippen LogP contribution in [-0.2, 0) is 9.53 Å². The van der Waals surface area contributed by atoms with Gasteiger partial charge in [0, 0.05) is 19.6 Å². The molecular weight excluding hydrogens is 236 g/mol. The highest BCUT2D eigenvalue weighted by atomic mass is 16.5. The second kappa shape index (κ2) is 7.20. The van der Waals surface area contributed by atoms with Crippen LogP contribution in [0.2, 0.25) is 0 Å². The number of carboxylic acids is 1. The number of hydrogen-bond acceptors (Lipinski definition) is 3. The number of hydrogen-bond donors (Lipinski definition) is 2. The van der Waals surface area contributed by atoms with E-state index in [0.717, 1.165) is 0 Å². The van der Waals surface area contributed by atoms with Crippen molar-refractivity contribution in [1.29, 1.82) is 0 Å². The van der Waals surface area contributed by atoms with Crippen molar-refractivity contribution < 1.29 is 19.4 Å². The minimum Gasteiger partial charge on any atom is -0.480 e. The van der Waals surface area contributed by atoms with Crippen molar-refractivity contribution >= 4 is 12.0 Å². The van der Waals surface area contributed by atoms with Gasteiger partial charge in [-0.3, -0.25) is 0 Å². The van der Waals surface area contributed by atoms with Gasteiger partial charge in [-0.05, 0) is 18.8 Å². The van der Waals surface area contributed by atoms with Gasteiger partial charge in [-0.25, -0.2) is 9.59 Å². The number of urea groups is 1. The summed E-state index contributed by atoms with van der Waals surface area (Å²) in [6.07, 6.45) is 1.35. The lowest BCUT2D eigenvalue weighted by atomic mass is 10.1. The van der Waals surface area contributed by atoms with E-state index in [-0.39, 0.29) is 18.7 Å². The molecule has 2 amide bonds. The van der Waals surface area contributed by atoms with Crippen molar-refractivity contribution in [2.45, 2.75) is 32.8 Å². The molecule has 0 aliphatic carbocycles. The fourth-order valence-corrected chi connectivity index (χ4v) is 1.82. The number of nitrogens with zero attached hydrogens (tertiary/aromatic N) is 1. The predicted octanol–water partition coefficient (Wildman–Crippen LogP) is 0.918. The third-order valence-corrected chi connectivity index (χ3v) is 2.83. The van der Waals surface area contributed by atoms with E-state index in [1.165, 1.54) is 0 Å². The van der Waals surface area contributed by atoms with Crippen molar-refractivity contribution in [3.8, 4) is 0 Å². The van der Waals surface area contributed by atoms with Crippen molar-refractivity contribution in [3.63, 3.8) is 0 Å². The van der Waals surface area contributed by atoms with Crippen LogP contribution in [0.4, 0.5) is 4.79 Å². The maximum absolute atomic E-state index is 11.8. The zero-order valence-corrected chi connectivity index (χ0v) is 11.0. The van der Waals surface area contributed by atoms with Gasteiger partial charge < -0.3 is 20.1 Å². The van der Waals surface area contributed by atoms with Gasteiger partial charge in [-0.15, -0.1) is 0 Å². The number of nitrogens with one attached hydrogen (secondary N) is 1. The molecule has 0 unspecified atom stereocenters. The Kier molecular flexibility index (Phi) is 5.91. The van der Waals surface area contributed by atoms with Gasteiger partial charge in [0.25, 0.3) is 0 Å². The first kappa shape index (κ1) is 14.8. The second-order valence-corrected chi connectivity index (χ2v) is 4.97. The number of rotatable bonds is 5. The Bertz CT molecular complexity index is 286. The molecule has 0 radical (unpaired) electrons. The summed E-state index contributed by atoms with van der Waals surface area (Å²) in [4.78, 5) is 23.9. The molecule has 1 aliphatic heterocycles. The molecule has 1 rings (SSSR count). The largest absolute Gasteiger partial charge is 0.480 e. The van der Waals surface area contributed by atoms with Crippen LogP contribution in [0.1, 0.15) is 26.7 Å². The van der Waals surface area contributed by atoms with Crippen LogP contribution in [0.3, 0.4) is 0 Å². The Morgan fingerprint density at radius 3 is 2.50 bits per heavy atom. The molecule has 0 aromatic heterocycles. The standard InChI is InChI=1S/C12H22N2O4/c1-9(2)7-13-12(17)14-5-3-10(4-6-14)18-8-11(15)16/h9-10H,3-8H2,1-2H3,(H,13,17)(H,15,16). The maximum atomic E-state index is 11.8. The van der Waals surface area contributed by atoms with Crippen LogP contribution in [0.5, 0.6) is 0 Å². The lowest BCUT2D eigenvalue weighted by Crippen LogP contribution is -2.46. The maximum Gasteiger partial charge on any atom is 0.329 e. The van der Waals surface area contributed by atoms with E-state index in [1.807, 2.05) is 13.8 Å². The van der Waals surface area contributed by atoms with Gasteiger partial charge in [0.2, 0.25) is 0 Å². The van der Waals surface area contributed by atoms with E-state index < -0.39 is 5.97 Å². The molecule has 2 N–H and O–H groups in total. The van der Waals surface area contributed by atoms with E-state index in [0.29, 0.717) is 38.4 Å². The Morgan fingerprint density at radius 1 is 1.39 bits per heavy atom. The topological polar surface area (TPSA) is 78.9 Å². The summed E-state index contributed by atoms with van der Waals surface area (Å²) >= 11 is 0. The molecule has 1 fully saturated rings. The molecule has 6 nitrogen and oxygen atoms in total. The van der Waals surface area contributed by atoms with Crippen molar-refractivity contribution in [1.82, 2.24) is 10.2 Å². The average Bonchev–Trinajstić information content (AvgIpc) is 2.34. The predicted molar refractivity (Wildman–Crippen MR) is 66.4 cm³/mol. The van der Waals surface area contributed by atoms with E-state index >= 15 is 0 Å². The third-order valence-electron chi connectivity index (χ3n) is 2.83. The number of carbonyl (C=O) groups is 2. The number of piperidine rings is 1. The fraction of sp³-hybridized carbons (Fsp3) is 0.833. The third kappa shape index (κ3) is 5.35. The molecule has 0 aromatic carbocycles. The van der Waals surface area contributed by atoms with Gasteiger partial charge >= 0.3 is 12.0 Å². The lowest BCUT2D eigenvalue weighted by Gasteiger charge is -2.31. The molecule has 0 aromatic rings. The SMILES string of the molecule is CC(C)CNC(=O)N1CCC(OCC(=O)O)CC1. The number of carboxylic acid groups (broad SMARTS) is 1. The van der Waals surface area contributed by atoms with Crippen LogP contribution in [0.25, 0.3) is 0 Å². The molecule has 104 valence electrons. The number of amides is 2. The molecule has 1 saturated heterocycles. The number of ether oxygens (including phenoxy) is 1. The Balaban J connectivity index is 2.22. The first-order valence-corrected chi connectivity index (χ1v) is 6.35. The minimum absolute atomic E-state index is 0.0413. The van der Waals surface area contributed by atoms with E-state index in [4.69, 9.17) is 9.84 Å². The monoisotopic (exact) mass is 258 g/mol. The summed E-state index contributed by atoms with van der Waals surface area (Å²) in [5.41, 5.74) is 0. The summed E-state index contributed by atoms with van der Waals surface area (Å²) in [6, 6.07) is -0.0413. The van der Waals surface area contributed by atoms with Gasteiger partial charge in [0.15, 0.2) is 0 Å². The molecule has 0 spiro atoms. The average molecular weight is 258 g/mol. The van der Waals surface area contributed by atoms with Crippen LogP contribution >= 0.6 is 0 Å². The fourth-order valence-electron chi connectivity index (χ4n) is 1.82. The Hall–Kier alpha value is -1.30. The molecule has 18 heavy (non-hydrogen) atoms. The van der Waals surface area contributed by atoms with E-state index in [9.17, 15) is 9.59 Å². The summed E-state index contributed by atoms with van der Waals surface area (Å²) in [5.74, 6) is -0.516. The quantitative estimate of drug-likeness (QED) is 0.768. The number of aliphatic carboxylic acids is 1. The van der Waals surface area contributed by atoms with Crippen molar-refractivity contribution in [2.24, 2.45) is 5.92 Å². The summed E-state index contributed by atoms with van der Waals surface area (Å²) in [7, 11) is 0. The van der Waals surface area contributed by atoms with Gasteiger partial charge in [0.1, 0.15) is 6.61 Å². The zero-order chi connectivity index (χ0) is 13.5. The molecule has 1 aliphatic rings. The molecule has 1 heterocycles. The highest BCUT2D eigenvalue weighted by Gasteiger charge is 2.23. The van der Waals surface area contributed by atoms with Crippen LogP contribution < -0.4 is 5.32 Å². The highest BCUT2D eigenvalue weighted by Crippen LogP contribution is 2.13. The van der Waals surface area contributed by atoms with Gasteiger partial charge in [-0.2, -0.15) is 0 Å². The van der Waals surface area contributed by atoms with Crippen LogP contribution in [-0.4, -0.2) is 54.4 Å². The first-order chi connectivity index (χ1) is 8.49. The second-order valence-electron chi connectivity index (χ2n) is 4.97. The molecule has 0 bridgehead atoms. The first-order valence-electron chi connectivity index (χ1n) is 6.35. The summed E-state index contributed by atoms with van der Waals surface area (Å²) in [5, 5.41) is 11.4. The zero-order valence-electron chi connectivity index (χ0n) is 11.0. The molecule has 6 heteroatoms. The van der Waals surface area contributed by atoms with Crippen molar-refractivity contribution in [3.05, 3.63) is 0 Å². The lowest BCUT2D eigenvalue weighted by molar-refractivity contribution is -0.145. The van der Waals surface area contributed by atoms with Gasteiger partial charge in [0.05, 0.1) is 6.10 Å².